The molecule has 0 aromatic carbocycles. The zero-order valence-electron chi connectivity index (χ0n) is 4.92. The van der Waals surface area contributed by atoms with Crippen LogP contribution in [-0.2, 0) is 0 Å². The summed E-state index contributed by atoms with van der Waals surface area (Å²) in [6.07, 6.45) is 0. The van der Waals surface area contributed by atoms with Crippen LogP contribution >= 0.6 is 22.9 Å². The fraction of sp³-hybridized carbons (Fsp3) is 0.167. The van der Waals surface area contributed by atoms with Crippen LogP contribution in [0.5, 0.6) is 0 Å². The second kappa shape index (κ2) is 1.78. The second-order valence-corrected chi connectivity index (χ2v) is 3.60. The highest BCUT2D eigenvalue weighted by molar-refractivity contribution is 7.24. The van der Waals surface area contributed by atoms with Crippen molar-refractivity contribution in [1.82, 2.24) is 4.37 Å². The summed E-state index contributed by atoms with van der Waals surface area (Å²) in [5.41, 5.74) is 1.17. The smallest absolute Gasteiger partial charge is 0.0689 e. The molecular formula is C6H5NS2. The number of hydrogen-bond acceptors (Lipinski definition) is 3. The lowest BCUT2D eigenvalue weighted by Crippen LogP contribution is -1.60. The van der Waals surface area contributed by atoms with Gasteiger partial charge in [0.25, 0.3) is 0 Å². The van der Waals surface area contributed by atoms with Gasteiger partial charge in [-0.1, -0.05) is 0 Å². The molecule has 0 N–H and O–H groups in total. The largest absolute Gasteiger partial charge is 0.196 e. The molecule has 0 atom stereocenters. The Morgan fingerprint density at radius 1 is 1.56 bits per heavy atom. The number of aryl methyl sites for hydroxylation is 1. The average Bonchev–Trinajstić information content (AvgIpc) is 2.35. The Balaban J connectivity index is 2.99. The van der Waals surface area contributed by atoms with E-state index in [1.54, 1.807) is 22.9 Å². The van der Waals surface area contributed by atoms with E-state index in [1.165, 1.54) is 15.1 Å². The molecule has 0 aliphatic rings. The van der Waals surface area contributed by atoms with Crippen molar-refractivity contribution in [2.75, 3.05) is 0 Å². The predicted molar refractivity (Wildman–Crippen MR) is 42.2 cm³/mol. The third-order valence-corrected chi connectivity index (χ3v) is 3.29. The maximum Gasteiger partial charge on any atom is 0.0689 e. The zero-order valence-corrected chi connectivity index (χ0v) is 6.55. The minimum Gasteiger partial charge on any atom is -0.196 e. The molecule has 0 aliphatic carbocycles. The SMILES string of the molecule is Cc1nsc2ccsc12. The quantitative estimate of drug-likeness (QED) is 0.570. The van der Waals surface area contributed by atoms with Crippen molar-refractivity contribution in [2.45, 2.75) is 6.92 Å². The number of hydrogen-bond donors (Lipinski definition) is 0. The third-order valence-electron chi connectivity index (χ3n) is 1.24. The first-order valence-corrected chi connectivity index (χ1v) is 4.33. The lowest BCUT2D eigenvalue weighted by molar-refractivity contribution is 1.38. The van der Waals surface area contributed by atoms with E-state index >= 15 is 0 Å². The third kappa shape index (κ3) is 0.686. The summed E-state index contributed by atoms with van der Waals surface area (Å²) in [4.78, 5) is 0. The summed E-state index contributed by atoms with van der Waals surface area (Å²) in [6, 6.07) is 2.12. The number of nitrogens with zero attached hydrogens (tertiary/aromatic N) is 1. The van der Waals surface area contributed by atoms with Crippen LogP contribution in [0.15, 0.2) is 11.4 Å². The van der Waals surface area contributed by atoms with Crippen molar-refractivity contribution in [3.63, 3.8) is 0 Å². The highest BCUT2D eigenvalue weighted by atomic mass is 32.1. The van der Waals surface area contributed by atoms with Gasteiger partial charge in [0.15, 0.2) is 0 Å². The Labute approximate surface area is 61.1 Å². The molecule has 0 bridgehead atoms. The van der Waals surface area contributed by atoms with Crippen LogP contribution in [0.3, 0.4) is 0 Å². The normalized spacial score (nSPS) is 10.8. The van der Waals surface area contributed by atoms with Gasteiger partial charge in [-0.2, -0.15) is 4.37 Å². The first-order valence-electron chi connectivity index (χ1n) is 2.67. The first kappa shape index (κ1) is 5.38. The van der Waals surface area contributed by atoms with E-state index in [2.05, 4.69) is 22.7 Å². The van der Waals surface area contributed by atoms with Gasteiger partial charge in [0.1, 0.15) is 0 Å². The summed E-state index contributed by atoms with van der Waals surface area (Å²) in [5, 5.41) is 2.11. The Morgan fingerprint density at radius 3 is 3.22 bits per heavy atom. The van der Waals surface area contributed by atoms with Crippen molar-refractivity contribution in [1.29, 1.82) is 0 Å². The molecule has 2 rings (SSSR count). The number of fused-ring (bicyclic) bond motifs is 1. The monoisotopic (exact) mass is 155 g/mol. The van der Waals surface area contributed by atoms with E-state index in [9.17, 15) is 0 Å². The van der Waals surface area contributed by atoms with Crippen molar-refractivity contribution >= 4 is 32.3 Å². The summed E-state index contributed by atoms with van der Waals surface area (Å²) >= 11 is 3.35. The highest BCUT2D eigenvalue weighted by Crippen LogP contribution is 2.26. The Hall–Kier alpha value is -0.410. The molecule has 1 nitrogen and oxygen atoms in total. The fourth-order valence-electron chi connectivity index (χ4n) is 0.792. The lowest BCUT2D eigenvalue weighted by atomic mass is 10.4. The first-order chi connectivity index (χ1) is 4.38. The topological polar surface area (TPSA) is 12.9 Å². The fourth-order valence-corrected chi connectivity index (χ4v) is 2.62. The Morgan fingerprint density at radius 2 is 2.44 bits per heavy atom. The molecule has 0 saturated carbocycles. The van der Waals surface area contributed by atoms with Crippen LogP contribution in [0.25, 0.3) is 9.40 Å². The molecule has 0 saturated heterocycles. The molecule has 2 aromatic rings. The molecule has 3 heteroatoms. The minimum absolute atomic E-state index is 1.17. The van der Waals surface area contributed by atoms with Crippen molar-refractivity contribution in [2.24, 2.45) is 0 Å². The molecule has 0 aliphatic heterocycles. The van der Waals surface area contributed by atoms with E-state index in [-0.39, 0.29) is 0 Å². The van der Waals surface area contributed by atoms with Gasteiger partial charge in [-0.05, 0) is 29.9 Å². The van der Waals surface area contributed by atoms with Crippen molar-refractivity contribution in [3.05, 3.63) is 17.1 Å². The van der Waals surface area contributed by atoms with E-state index in [0.717, 1.165) is 0 Å². The van der Waals surface area contributed by atoms with Crippen LogP contribution in [0, 0.1) is 6.92 Å². The molecule has 2 aromatic heterocycles. The molecule has 0 spiro atoms. The molecule has 0 radical (unpaired) electrons. The Bertz CT molecular complexity index is 320. The molecule has 0 fully saturated rings. The van der Waals surface area contributed by atoms with Gasteiger partial charge in [0.05, 0.1) is 15.1 Å². The van der Waals surface area contributed by atoms with Crippen LogP contribution in [-0.4, -0.2) is 4.37 Å². The lowest BCUT2D eigenvalue weighted by Gasteiger charge is -1.73. The van der Waals surface area contributed by atoms with E-state index in [4.69, 9.17) is 0 Å². The van der Waals surface area contributed by atoms with E-state index in [0.29, 0.717) is 0 Å². The van der Waals surface area contributed by atoms with Gasteiger partial charge in [0, 0.05) is 0 Å². The van der Waals surface area contributed by atoms with Gasteiger partial charge in [-0.25, -0.2) is 0 Å². The molecular weight excluding hydrogens is 150 g/mol. The molecule has 9 heavy (non-hydrogen) atoms. The van der Waals surface area contributed by atoms with Crippen molar-refractivity contribution in [3.8, 4) is 0 Å². The number of rotatable bonds is 0. The second-order valence-electron chi connectivity index (χ2n) is 1.88. The number of thiophene rings is 1. The molecule has 2 heterocycles. The highest BCUT2D eigenvalue weighted by Gasteiger charge is 1.99. The predicted octanol–water partition coefficient (Wildman–Crippen LogP) is 2.67. The van der Waals surface area contributed by atoms with Crippen molar-refractivity contribution < 1.29 is 0 Å². The summed E-state index contributed by atoms with van der Waals surface area (Å²) in [6.45, 7) is 2.05. The van der Waals surface area contributed by atoms with Gasteiger partial charge in [-0.3, -0.25) is 0 Å². The maximum atomic E-state index is 4.21. The Kier molecular flexibility index (Phi) is 1.07. The average molecular weight is 155 g/mol. The minimum atomic E-state index is 1.17. The van der Waals surface area contributed by atoms with Crippen LogP contribution < -0.4 is 0 Å². The molecule has 46 valence electrons. The summed E-state index contributed by atoms with van der Waals surface area (Å²) < 4.78 is 6.87. The van der Waals surface area contributed by atoms with Gasteiger partial charge in [0.2, 0.25) is 0 Å². The van der Waals surface area contributed by atoms with Gasteiger partial charge >= 0.3 is 0 Å². The summed E-state index contributed by atoms with van der Waals surface area (Å²) in [7, 11) is 0. The molecule has 0 unspecified atom stereocenters. The van der Waals surface area contributed by atoms with Crippen LogP contribution in [0.2, 0.25) is 0 Å². The van der Waals surface area contributed by atoms with E-state index in [1.807, 2.05) is 0 Å². The van der Waals surface area contributed by atoms with Gasteiger partial charge in [-0.15, -0.1) is 11.3 Å². The maximum absolute atomic E-state index is 4.21. The molecule has 0 amide bonds. The van der Waals surface area contributed by atoms with Crippen LogP contribution in [0.4, 0.5) is 0 Å². The standard InChI is InChI=1S/C6H5NS2/c1-4-6-5(9-7-4)2-3-8-6/h2-3H,1H3. The van der Waals surface area contributed by atoms with E-state index < -0.39 is 0 Å². The van der Waals surface area contributed by atoms with Crippen LogP contribution in [0.1, 0.15) is 5.69 Å². The number of aromatic nitrogens is 1. The summed E-state index contributed by atoms with van der Waals surface area (Å²) in [5.74, 6) is 0. The van der Waals surface area contributed by atoms with Gasteiger partial charge < -0.3 is 0 Å². The zero-order chi connectivity index (χ0) is 6.27.